The van der Waals surface area contributed by atoms with Crippen molar-refractivity contribution < 1.29 is 19.1 Å². The van der Waals surface area contributed by atoms with E-state index >= 15 is 0 Å². The molecule has 0 aliphatic carbocycles. The van der Waals surface area contributed by atoms with Crippen LogP contribution in [-0.4, -0.2) is 55.7 Å². The molecule has 2 rings (SSSR count). The highest BCUT2D eigenvalue weighted by atomic mass is 16.5. The Kier molecular flexibility index (Phi) is 6.05. The molecular weight excluding hydrogens is 296 g/mol. The molecule has 0 unspecified atom stereocenters. The fraction of sp³-hybridized carbons (Fsp3) is 0.353. The second-order valence-electron chi connectivity index (χ2n) is 5.00. The number of hydrogen-bond donors (Lipinski definition) is 0. The number of carbonyl (C=O) groups is 2. The quantitative estimate of drug-likeness (QED) is 0.730. The highest BCUT2D eigenvalue weighted by Crippen LogP contribution is 2.13. The fourth-order valence-corrected chi connectivity index (χ4v) is 2.19. The fourth-order valence-electron chi connectivity index (χ4n) is 2.19. The zero-order valence-corrected chi connectivity index (χ0v) is 13.3. The third kappa shape index (κ3) is 4.50. The van der Waals surface area contributed by atoms with Gasteiger partial charge >= 0.3 is 5.97 Å². The van der Waals surface area contributed by atoms with Crippen molar-refractivity contribution in [3.63, 3.8) is 0 Å². The van der Waals surface area contributed by atoms with E-state index in [1.165, 1.54) is 7.11 Å². The van der Waals surface area contributed by atoms with Gasteiger partial charge in [0.25, 0.3) is 5.91 Å². The van der Waals surface area contributed by atoms with Gasteiger partial charge in [-0.3, -0.25) is 9.59 Å². The van der Waals surface area contributed by atoms with Gasteiger partial charge in [-0.25, -0.2) is 4.98 Å². The molecule has 0 radical (unpaired) electrons. The number of para-hydroxylation sites is 1. The van der Waals surface area contributed by atoms with Gasteiger partial charge in [0.2, 0.25) is 0 Å². The monoisotopic (exact) mass is 316 g/mol. The predicted octanol–water partition coefficient (Wildman–Crippen LogP) is 1.89. The van der Waals surface area contributed by atoms with Gasteiger partial charge < -0.3 is 14.4 Å². The third-order valence-electron chi connectivity index (χ3n) is 3.48. The van der Waals surface area contributed by atoms with Crippen molar-refractivity contribution in [2.45, 2.75) is 6.42 Å². The number of aromatic nitrogens is 1. The maximum Gasteiger partial charge on any atom is 0.307 e. The van der Waals surface area contributed by atoms with Crippen LogP contribution >= 0.6 is 0 Å². The van der Waals surface area contributed by atoms with Crippen LogP contribution in [0, 0.1) is 0 Å². The Labute approximate surface area is 135 Å². The molecule has 6 heteroatoms. The number of nitrogens with zero attached hydrogens (tertiary/aromatic N) is 2. The molecule has 0 aliphatic rings. The van der Waals surface area contributed by atoms with Crippen molar-refractivity contribution in [2.24, 2.45) is 0 Å². The Morgan fingerprint density at radius 1 is 1.09 bits per heavy atom. The summed E-state index contributed by atoms with van der Waals surface area (Å²) in [5.74, 6) is -0.580. The summed E-state index contributed by atoms with van der Waals surface area (Å²) in [6.45, 7) is 1.05. The SMILES string of the molecule is COCCN(CCC(=O)OC)C(=O)c1ccc2ccccc2n1. The van der Waals surface area contributed by atoms with Crippen molar-refractivity contribution in [1.82, 2.24) is 9.88 Å². The first-order chi connectivity index (χ1) is 11.2. The normalized spacial score (nSPS) is 10.5. The summed E-state index contributed by atoms with van der Waals surface area (Å²) < 4.78 is 9.66. The number of amides is 1. The van der Waals surface area contributed by atoms with Crippen LogP contribution < -0.4 is 0 Å². The zero-order valence-electron chi connectivity index (χ0n) is 13.3. The Bertz CT molecular complexity index is 687. The van der Waals surface area contributed by atoms with E-state index in [0.717, 1.165) is 10.9 Å². The number of benzene rings is 1. The molecule has 1 amide bonds. The molecule has 6 nitrogen and oxygen atoms in total. The molecule has 0 atom stereocenters. The average Bonchev–Trinajstić information content (AvgIpc) is 2.60. The van der Waals surface area contributed by atoms with E-state index < -0.39 is 0 Å². The van der Waals surface area contributed by atoms with Crippen LogP contribution in [0.1, 0.15) is 16.9 Å². The largest absolute Gasteiger partial charge is 0.469 e. The average molecular weight is 316 g/mol. The summed E-state index contributed by atoms with van der Waals surface area (Å²) in [7, 11) is 2.89. The number of fused-ring (bicyclic) bond motifs is 1. The smallest absolute Gasteiger partial charge is 0.307 e. The molecule has 1 aromatic heterocycles. The number of rotatable bonds is 7. The topological polar surface area (TPSA) is 68.7 Å². The number of esters is 1. The Morgan fingerprint density at radius 2 is 1.87 bits per heavy atom. The van der Waals surface area contributed by atoms with E-state index in [1.54, 1.807) is 18.1 Å². The van der Waals surface area contributed by atoms with Crippen LogP contribution in [0.4, 0.5) is 0 Å². The molecule has 0 spiro atoms. The minimum absolute atomic E-state index is 0.138. The van der Waals surface area contributed by atoms with Gasteiger partial charge in [0.15, 0.2) is 0 Å². The van der Waals surface area contributed by atoms with E-state index in [2.05, 4.69) is 9.72 Å². The highest BCUT2D eigenvalue weighted by Gasteiger charge is 2.18. The predicted molar refractivity (Wildman–Crippen MR) is 86.2 cm³/mol. The van der Waals surface area contributed by atoms with Crippen molar-refractivity contribution in [2.75, 3.05) is 33.9 Å². The molecule has 0 saturated heterocycles. The van der Waals surface area contributed by atoms with Crippen LogP contribution in [0.2, 0.25) is 0 Å². The lowest BCUT2D eigenvalue weighted by Crippen LogP contribution is -2.36. The van der Waals surface area contributed by atoms with Gasteiger partial charge in [0.05, 0.1) is 25.7 Å². The molecule has 0 fully saturated rings. The molecule has 0 N–H and O–H groups in total. The van der Waals surface area contributed by atoms with Crippen LogP contribution in [0.5, 0.6) is 0 Å². The second-order valence-corrected chi connectivity index (χ2v) is 5.00. The molecule has 122 valence electrons. The summed E-state index contributed by atoms with van der Waals surface area (Å²) in [5.41, 5.74) is 1.11. The van der Waals surface area contributed by atoms with Crippen LogP contribution in [0.3, 0.4) is 0 Å². The Hall–Kier alpha value is -2.47. The minimum Gasteiger partial charge on any atom is -0.469 e. The van der Waals surface area contributed by atoms with Crippen molar-refractivity contribution in [3.05, 3.63) is 42.1 Å². The summed E-state index contributed by atoms with van der Waals surface area (Å²) in [6, 6.07) is 11.2. The minimum atomic E-state index is -0.355. The lowest BCUT2D eigenvalue weighted by Gasteiger charge is -2.21. The first kappa shape index (κ1) is 16.9. The number of carbonyl (C=O) groups excluding carboxylic acids is 2. The van der Waals surface area contributed by atoms with Gasteiger partial charge in [-0.1, -0.05) is 24.3 Å². The summed E-state index contributed by atoms with van der Waals surface area (Å²) in [5, 5.41) is 0.974. The number of methoxy groups -OCH3 is 2. The van der Waals surface area contributed by atoms with E-state index in [9.17, 15) is 9.59 Å². The first-order valence-electron chi connectivity index (χ1n) is 7.36. The number of hydrogen-bond acceptors (Lipinski definition) is 5. The molecule has 2 aromatic rings. The molecule has 0 saturated carbocycles. The van der Waals surface area contributed by atoms with Crippen LogP contribution in [0.15, 0.2) is 36.4 Å². The molecule has 1 heterocycles. The maximum atomic E-state index is 12.7. The van der Waals surface area contributed by atoms with Crippen LogP contribution in [0.25, 0.3) is 10.9 Å². The summed E-state index contributed by atoms with van der Waals surface area (Å²) >= 11 is 0. The first-order valence-corrected chi connectivity index (χ1v) is 7.36. The number of pyridine rings is 1. The van der Waals surface area contributed by atoms with Gasteiger partial charge in [-0.05, 0) is 12.1 Å². The Balaban J connectivity index is 2.17. The summed E-state index contributed by atoms with van der Waals surface area (Å²) in [6.07, 6.45) is 0.138. The second kappa shape index (κ2) is 8.24. The van der Waals surface area contributed by atoms with Crippen molar-refractivity contribution >= 4 is 22.8 Å². The Morgan fingerprint density at radius 3 is 2.61 bits per heavy atom. The van der Waals surface area contributed by atoms with Gasteiger partial charge in [0, 0.05) is 25.6 Å². The van der Waals surface area contributed by atoms with Crippen molar-refractivity contribution in [3.8, 4) is 0 Å². The van der Waals surface area contributed by atoms with E-state index in [4.69, 9.17) is 4.74 Å². The molecule has 23 heavy (non-hydrogen) atoms. The van der Waals surface area contributed by atoms with Gasteiger partial charge in [0.1, 0.15) is 5.69 Å². The highest BCUT2D eigenvalue weighted by molar-refractivity contribution is 5.95. The van der Waals surface area contributed by atoms with E-state index in [0.29, 0.717) is 18.8 Å². The molecule has 0 bridgehead atoms. The molecule has 1 aromatic carbocycles. The van der Waals surface area contributed by atoms with E-state index in [1.807, 2.05) is 30.3 Å². The molecule has 0 aliphatic heterocycles. The van der Waals surface area contributed by atoms with E-state index in [-0.39, 0.29) is 24.8 Å². The molecular formula is C17H20N2O4. The summed E-state index contributed by atoms with van der Waals surface area (Å²) in [4.78, 5) is 29.9. The van der Waals surface area contributed by atoms with Gasteiger partial charge in [-0.15, -0.1) is 0 Å². The third-order valence-corrected chi connectivity index (χ3v) is 3.48. The maximum absolute atomic E-state index is 12.7. The van der Waals surface area contributed by atoms with Gasteiger partial charge in [-0.2, -0.15) is 0 Å². The lowest BCUT2D eigenvalue weighted by atomic mass is 10.2. The van der Waals surface area contributed by atoms with Crippen molar-refractivity contribution in [1.29, 1.82) is 0 Å². The zero-order chi connectivity index (χ0) is 16.7. The number of ether oxygens (including phenoxy) is 2. The van der Waals surface area contributed by atoms with Crippen LogP contribution in [-0.2, 0) is 14.3 Å². The lowest BCUT2D eigenvalue weighted by molar-refractivity contribution is -0.140. The standard InChI is InChI=1S/C17H20N2O4/c1-22-12-11-19(10-9-16(20)23-2)17(21)15-8-7-13-5-3-4-6-14(13)18-15/h3-8H,9-12H2,1-2H3.